The van der Waals surface area contributed by atoms with Crippen molar-refractivity contribution in [1.29, 1.82) is 0 Å². The number of hydrogen-bond acceptors (Lipinski definition) is 7. The first kappa shape index (κ1) is 15.4. The van der Waals surface area contributed by atoms with Gasteiger partial charge >= 0.3 is 5.97 Å². The van der Waals surface area contributed by atoms with E-state index in [-0.39, 0.29) is 0 Å². The molecule has 7 heteroatoms. The Morgan fingerprint density at radius 2 is 2.00 bits per heavy atom. The van der Waals surface area contributed by atoms with E-state index in [4.69, 9.17) is 9.84 Å². The maximum atomic E-state index is 11.8. The van der Waals surface area contributed by atoms with Crippen LogP contribution in [0, 0.1) is 5.92 Å². The molecule has 20 heavy (non-hydrogen) atoms. The van der Waals surface area contributed by atoms with E-state index in [1.165, 1.54) is 0 Å². The maximum absolute atomic E-state index is 11.8. The minimum absolute atomic E-state index is 0.381. The van der Waals surface area contributed by atoms with Gasteiger partial charge in [0.2, 0.25) is 0 Å². The van der Waals surface area contributed by atoms with Crippen LogP contribution in [0.2, 0.25) is 0 Å². The first-order chi connectivity index (χ1) is 9.38. The molecular formula is C13H20O7. The van der Waals surface area contributed by atoms with Crippen molar-refractivity contribution in [3.05, 3.63) is 12.2 Å². The molecule has 0 radical (unpaired) electrons. The van der Waals surface area contributed by atoms with E-state index in [9.17, 15) is 25.2 Å². The summed E-state index contributed by atoms with van der Waals surface area (Å²) in [6, 6.07) is 0. The molecule has 7 nitrogen and oxygen atoms in total. The summed E-state index contributed by atoms with van der Waals surface area (Å²) in [5, 5.41) is 46.6. The number of fused-ring (bicyclic) bond motifs is 2. The average Bonchev–Trinajstić information content (AvgIpc) is 3.03. The van der Waals surface area contributed by atoms with E-state index in [0.717, 1.165) is 6.42 Å². The van der Waals surface area contributed by atoms with Gasteiger partial charge in [0.1, 0.15) is 23.9 Å². The summed E-state index contributed by atoms with van der Waals surface area (Å²) in [6.45, 7) is -0.797. The number of allylic oxidation sites excluding steroid dienone is 1. The van der Waals surface area contributed by atoms with Crippen LogP contribution in [-0.4, -0.2) is 68.1 Å². The lowest BCUT2D eigenvalue weighted by Gasteiger charge is -2.29. The van der Waals surface area contributed by atoms with Crippen molar-refractivity contribution in [2.45, 2.75) is 49.3 Å². The van der Waals surface area contributed by atoms with Crippen LogP contribution < -0.4 is 0 Å². The van der Waals surface area contributed by atoms with Crippen molar-refractivity contribution >= 4 is 5.97 Å². The summed E-state index contributed by atoms with van der Waals surface area (Å²) in [7, 11) is 0. The second kappa shape index (κ2) is 5.79. The summed E-state index contributed by atoms with van der Waals surface area (Å²) in [4.78, 5) is 11.8. The van der Waals surface area contributed by atoms with Crippen LogP contribution in [0.15, 0.2) is 12.2 Å². The van der Waals surface area contributed by atoms with Gasteiger partial charge in [-0.05, 0) is 31.3 Å². The van der Waals surface area contributed by atoms with Crippen molar-refractivity contribution in [3.63, 3.8) is 0 Å². The average molecular weight is 288 g/mol. The van der Waals surface area contributed by atoms with Crippen LogP contribution >= 0.6 is 0 Å². The Hall–Kier alpha value is -0.990. The Labute approximate surface area is 116 Å². The number of ether oxygens (including phenoxy) is 1. The molecule has 6 atom stereocenters. The van der Waals surface area contributed by atoms with Crippen LogP contribution in [0.25, 0.3) is 0 Å². The third kappa shape index (κ3) is 2.87. The van der Waals surface area contributed by atoms with E-state index in [1.54, 1.807) is 6.08 Å². The molecule has 0 aliphatic heterocycles. The molecule has 0 spiro atoms. The molecule has 2 rings (SSSR count). The molecule has 5 N–H and O–H groups in total. The van der Waals surface area contributed by atoms with Crippen LogP contribution in [0.3, 0.4) is 0 Å². The fourth-order valence-corrected chi connectivity index (χ4v) is 2.75. The van der Waals surface area contributed by atoms with Gasteiger partial charge in [0.25, 0.3) is 0 Å². The minimum atomic E-state index is -1.98. The highest BCUT2D eigenvalue weighted by atomic mass is 16.6. The Morgan fingerprint density at radius 1 is 1.30 bits per heavy atom. The van der Waals surface area contributed by atoms with E-state index < -0.39 is 42.6 Å². The van der Waals surface area contributed by atoms with Gasteiger partial charge in [-0.25, -0.2) is 4.79 Å². The number of aliphatic hydroxyl groups is 5. The van der Waals surface area contributed by atoms with Gasteiger partial charge in [0.15, 0.2) is 6.10 Å². The standard InChI is InChI=1S/C13H20O7/c14-6-8(15)9(16)10(17)11(18)12(19)20-13-3-1-7(5-13)2-4-13/h1,3,7-11,14-18H,2,4-6H2. The summed E-state index contributed by atoms with van der Waals surface area (Å²) in [5.74, 6) is -0.666. The van der Waals surface area contributed by atoms with Gasteiger partial charge in [0.05, 0.1) is 6.61 Å². The van der Waals surface area contributed by atoms with Crippen molar-refractivity contribution < 1.29 is 35.1 Å². The SMILES string of the molecule is O=C(OC12C=CC(CC1)C2)C(O)C(O)C(O)C(O)CO. The second-order valence-corrected chi connectivity index (χ2v) is 5.52. The van der Waals surface area contributed by atoms with E-state index in [0.29, 0.717) is 18.8 Å². The van der Waals surface area contributed by atoms with Crippen molar-refractivity contribution in [2.75, 3.05) is 6.61 Å². The summed E-state index contributed by atoms with van der Waals surface area (Å²) in [6.07, 6.45) is -1.39. The largest absolute Gasteiger partial charge is 0.453 e. The molecule has 0 amide bonds. The summed E-state index contributed by atoms with van der Waals surface area (Å²) in [5.41, 5.74) is -0.719. The van der Waals surface area contributed by atoms with Crippen LogP contribution in [0.1, 0.15) is 19.3 Å². The fourth-order valence-electron chi connectivity index (χ4n) is 2.75. The molecule has 1 saturated carbocycles. The first-order valence-electron chi connectivity index (χ1n) is 6.64. The molecule has 0 saturated heterocycles. The summed E-state index contributed by atoms with van der Waals surface area (Å²) < 4.78 is 5.25. The monoisotopic (exact) mass is 288 g/mol. The van der Waals surface area contributed by atoms with Crippen LogP contribution in [0.4, 0.5) is 0 Å². The van der Waals surface area contributed by atoms with Crippen molar-refractivity contribution in [2.24, 2.45) is 5.92 Å². The Morgan fingerprint density at radius 3 is 2.45 bits per heavy atom. The molecule has 114 valence electrons. The molecule has 1 fully saturated rings. The molecule has 2 aliphatic rings. The van der Waals surface area contributed by atoms with E-state index in [1.807, 2.05) is 6.08 Å². The predicted molar refractivity (Wildman–Crippen MR) is 66.4 cm³/mol. The Kier molecular flexibility index (Phi) is 4.46. The van der Waals surface area contributed by atoms with Gasteiger partial charge in [-0.15, -0.1) is 0 Å². The summed E-state index contributed by atoms with van der Waals surface area (Å²) >= 11 is 0. The Bertz CT molecular complexity index is 396. The van der Waals surface area contributed by atoms with Gasteiger partial charge in [0, 0.05) is 0 Å². The van der Waals surface area contributed by atoms with Crippen LogP contribution in [-0.2, 0) is 9.53 Å². The lowest BCUT2D eigenvalue weighted by Crippen LogP contribution is -2.50. The number of carbonyl (C=O) groups excluding carboxylic acids is 1. The molecule has 0 aromatic carbocycles. The quantitative estimate of drug-likeness (QED) is 0.284. The molecular weight excluding hydrogens is 268 g/mol. The van der Waals surface area contributed by atoms with Crippen molar-refractivity contribution in [3.8, 4) is 0 Å². The lowest BCUT2D eigenvalue weighted by atomic mass is 10.0. The van der Waals surface area contributed by atoms with E-state index in [2.05, 4.69) is 0 Å². The number of esters is 1. The van der Waals surface area contributed by atoms with Gasteiger partial charge in [-0.2, -0.15) is 0 Å². The first-order valence-corrected chi connectivity index (χ1v) is 6.64. The normalized spacial score (nSPS) is 33.8. The molecule has 6 unspecified atom stereocenters. The van der Waals surface area contributed by atoms with Crippen molar-refractivity contribution in [1.82, 2.24) is 0 Å². The smallest absolute Gasteiger partial charge is 0.338 e. The topological polar surface area (TPSA) is 127 Å². The molecule has 2 aliphatic carbocycles. The minimum Gasteiger partial charge on any atom is -0.453 e. The third-order valence-corrected chi connectivity index (χ3v) is 4.02. The second-order valence-electron chi connectivity index (χ2n) is 5.52. The Balaban J connectivity index is 1.93. The highest BCUT2D eigenvalue weighted by Gasteiger charge is 2.46. The number of rotatable bonds is 6. The number of hydrogen-bond donors (Lipinski definition) is 5. The third-order valence-electron chi connectivity index (χ3n) is 4.02. The molecule has 0 aromatic heterocycles. The van der Waals surface area contributed by atoms with Gasteiger partial charge in [-0.1, -0.05) is 6.08 Å². The lowest BCUT2D eigenvalue weighted by molar-refractivity contribution is -0.179. The van der Waals surface area contributed by atoms with Gasteiger partial charge < -0.3 is 30.3 Å². The fraction of sp³-hybridized carbons (Fsp3) is 0.769. The predicted octanol–water partition coefficient (Wildman–Crippen LogP) is -1.93. The number of carbonyl (C=O) groups is 1. The maximum Gasteiger partial charge on any atom is 0.338 e. The number of aliphatic hydroxyl groups excluding tert-OH is 5. The van der Waals surface area contributed by atoms with E-state index >= 15 is 0 Å². The zero-order valence-corrected chi connectivity index (χ0v) is 10.9. The molecule has 0 heterocycles. The highest BCUT2D eigenvalue weighted by Crippen LogP contribution is 2.45. The van der Waals surface area contributed by atoms with Gasteiger partial charge in [-0.3, -0.25) is 0 Å². The zero-order valence-electron chi connectivity index (χ0n) is 10.9. The highest BCUT2D eigenvalue weighted by molar-refractivity contribution is 5.76. The molecule has 0 aromatic rings. The van der Waals surface area contributed by atoms with Crippen LogP contribution in [0.5, 0.6) is 0 Å². The molecule has 2 bridgehead atoms. The zero-order chi connectivity index (χ0) is 14.9.